The van der Waals surface area contributed by atoms with Gasteiger partial charge in [0.1, 0.15) is 5.01 Å². The van der Waals surface area contributed by atoms with Crippen molar-refractivity contribution < 1.29 is 4.79 Å². The predicted octanol–water partition coefficient (Wildman–Crippen LogP) is 6.36. The Morgan fingerprint density at radius 2 is 1.83 bits per heavy atom. The number of halogens is 1. The van der Waals surface area contributed by atoms with Crippen LogP contribution in [0.1, 0.15) is 21.5 Å². The second-order valence-electron chi connectivity index (χ2n) is 6.89. The molecule has 0 aliphatic carbocycles. The number of carbonyl (C=O) groups excluding carboxylic acids is 1. The number of thiocarbonyl (C=S) groups is 1. The molecule has 1 heterocycles. The molecule has 0 bridgehead atoms. The van der Waals surface area contributed by atoms with Crippen LogP contribution in [0.5, 0.6) is 0 Å². The van der Waals surface area contributed by atoms with Gasteiger partial charge in [0, 0.05) is 16.8 Å². The zero-order valence-corrected chi connectivity index (χ0v) is 18.7. The molecule has 4 nitrogen and oxygen atoms in total. The van der Waals surface area contributed by atoms with Gasteiger partial charge in [0.15, 0.2) is 5.11 Å². The van der Waals surface area contributed by atoms with E-state index in [0.29, 0.717) is 10.6 Å². The first-order chi connectivity index (χ1) is 14.4. The molecule has 4 aromatic rings. The van der Waals surface area contributed by atoms with Crippen molar-refractivity contribution in [3.63, 3.8) is 0 Å². The summed E-state index contributed by atoms with van der Waals surface area (Å²) in [5.41, 5.74) is 5.22. The number of rotatable bonds is 3. The van der Waals surface area contributed by atoms with E-state index in [1.807, 2.05) is 62.4 Å². The smallest absolute Gasteiger partial charge is 0.257 e. The topological polar surface area (TPSA) is 54.0 Å². The molecule has 0 saturated heterocycles. The normalized spacial score (nSPS) is 10.8. The van der Waals surface area contributed by atoms with Gasteiger partial charge in [-0.3, -0.25) is 10.1 Å². The van der Waals surface area contributed by atoms with E-state index in [2.05, 4.69) is 15.6 Å². The lowest BCUT2D eigenvalue weighted by Gasteiger charge is -2.12. The van der Waals surface area contributed by atoms with Crippen LogP contribution < -0.4 is 10.6 Å². The van der Waals surface area contributed by atoms with Gasteiger partial charge in [0.2, 0.25) is 0 Å². The molecular formula is C23H18ClN3OS2. The first kappa shape index (κ1) is 20.5. The minimum Gasteiger partial charge on any atom is -0.332 e. The van der Waals surface area contributed by atoms with E-state index in [4.69, 9.17) is 23.8 Å². The number of hydrogen-bond donors (Lipinski definition) is 2. The molecule has 0 unspecified atom stereocenters. The van der Waals surface area contributed by atoms with Crippen LogP contribution in [-0.2, 0) is 0 Å². The lowest BCUT2D eigenvalue weighted by Crippen LogP contribution is -2.34. The predicted molar refractivity (Wildman–Crippen MR) is 130 cm³/mol. The fourth-order valence-electron chi connectivity index (χ4n) is 2.97. The number of aromatic nitrogens is 1. The first-order valence-corrected chi connectivity index (χ1v) is 10.9. The molecule has 0 radical (unpaired) electrons. The van der Waals surface area contributed by atoms with Crippen molar-refractivity contribution in [1.29, 1.82) is 0 Å². The second-order valence-corrected chi connectivity index (χ2v) is 8.73. The van der Waals surface area contributed by atoms with Crippen LogP contribution in [0, 0.1) is 13.8 Å². The number of nitrogens with one attached hydrogen (secondary N) is 2. The molecule has 0 spiro atoms. The van der Waals surface area contributed by atoms with Crippen LogP contribution in [-0.4, -0.2) is 16.0 Å². The average molecular weight is 452 g/mol. The van der Waals surface area contributed by atoms with Crippen molar-refractivity contribution >= 4 is 62.1 Å². The molecule has 0 aliphatic rings. The zero-order chi connectivity index (χ0) is 21.3. The molecule has 7 heteroatoms. The van der Waals surface area contributed by atoms with Crippen LogP contribution in [0.2, 0.25) is 5.02 Å². The minimum absolute atomic E-state index is 0.218. The SMILES string of the molecule is Cc1ccc(C(=O)NC(=S)Nc2ccc(Cl)c(-c3nc4ccccc4s3)c2)cc1C. The van der Waals surface area contributed by atoms with Crippen LogP contribution in [0.15, 0.2) is 60.7 Å². The van der Waals surface area contributed by atoms with Gasteiger partial charge in [-0.2, -0.15) is 0 Å². The summed E-state index contributed by atoms with van der Waals surface area (Å²) in [7, 11) is 0. The molecule has 4 rings (SSSR count). The van der Waals surface area contributed by atoms with Gasteiger partial charge in [-0.05, 0) is 79.7 Å². The Morgan fingerprint density at radius 1 is 1.03 bits per heavy atom. The maximum absolute atomic E-state index is 12.5. The lowest BCUT2D eigenvalue weighted by atomic mass is 10.1. The van der Waals surface area contributed by atoms with Crippen molar-refractivity contribution in [2.75, 3.05) is 5.32 Å². The molecule has 0 saturated carbocycles. The van der Waals surface area contributed by atoms with Crippen molar-refractivity contribution in [3.05, 3.63) is 82.4 Å². The number of aryl methyl sites for hydroxylation is 2. The summed E-state index contributed by atoms with van der Waals surface area (Å²) in [4.78, 5) is 17.2. The lowest BCUT2D eigenvalue weighted by molar-refractivity contribution is 0.0977. The monoisotopic (exact) mass is 451 g/mol. The van der Waals surface area contributed by atoms with Crippen LogP contribution in [0.4, 0.5) is 5.69 Å². The van der Waals surface area contributed by atoms with E-state index < -0.39 is 0 Å². The van der Waals surface area contributed by atoms with Crippen LogP contribution in [0.3, 0.4) is 0 Å². The van der Waals surface area contributed by atoms with E-state index in [0.717, 1.165) is 37.6 Å². The van der Waals surface area contributed by atoms with Gasteiger partial charge in [0.05, 0.1) is 15.2 Å². The van der Waals surface area contributed by atoms with Crippen LogP contribution in [0.25, 0.3) is 20.8 Å². The molecular weight excluding hydrogens is 434 g/mol. The van der Waals surface area contributed by atoms with Gasteiger partial charge in [-0.15, -0.1) is 11.3 Å². The van der Waals surface area contributed by atoms with Crippen molar-refractivity contribution in [1.82, 2.24) is 10.3 Å². The summed E-state index contributed by atoms with van der Waals surface area (Å²) in [6.07, 6.45) is 0. The number of thiazole rings is 1. The number of benzene rings is 3. The standard InChI is InChI=1S/C23H18ClN3OS2/c1-13-7-8-15(11-14(13)2)21(28)27-23(29)25-16-9-10-18(24)17(12-16)22-26-19-5-3-4-6-20(19)30-22/h3-12H,1-2H3,(H2,25,27,28,29). The average Bonchev–Trinajstić information content (AvgIpc) is 3.15. The van der Waals surface area contributed by atoms with Crippen molar-refractivity contribution in [2.45, 2.75) is 13.8 Å². The number of para-hydroxylation sites is 1. The highest BCUT2D eigenvalue weighted by molar-refractivity contribution is 7.80. The third-order valence-electron chi connectivity index (χ3n) is 4.74. The largest absolute Gasteiger partial charge is 0.332 e. The maximum Gasteiger partial charge on any atom is 0.257 e. The minimum atomic E-state index is -0.254. The summed E-state index contributed by atoms with van der Waals surface area (Å²) >= 11 is 13.3. The fraction of sp³-hybridized carbons (Fsp3) is 0.0870. The van der Waals surface area contributed by atoms with Crippen molar-refractivity contribution in [3.8, 4) is 10.6 Å². The highest BCUT2D eigenvalue weighted by atomic mass is 35.5. The maximum atomic E-state index is 12.5. The van der Waals surface area contributed by atoms with E-state index >= 15 is 0 Å². The summed E-state index contributed by atoms with van der Waals surface area (Å²) < 4.78 is 1.10. The summed E-state index contributed by atoms with van der Waals surface area (Å²) in [6.45, 7) is 3.98. The molecule has 0 atom stereocenters. The molecule has 150 valence electrons. The van der Waals surface area contributed by atoms with Gasteiger partial charge in [0.25, 0.3) is 5.91 Å². The third-order valence-corrected chi connectivity index (χ3v) is 6.35. The van der Waals surface area contributed by atoms with E-state index in [-0.39, 0.29) is 11.0 Å². The fourth-order valence-corrected chi connectivity index (χ4v) is 4.44. The Hall–Kier alpha value is -2.80. The molecule has 1 amide bonds. The van der Waals surface area contributed by atoms with Gasteiger partial charge < -0.3 is 5.32 Å². The second kappa shape index (κ2) is 8.52. The number of hydrogen-bond acceptors (Lipinski definition) is 4. The van der Waals surface area contributed by atoms with E-state index in [9.17, 15) is 4.79 Å². The summed E-state index contributed by atoms with van der Waals surface area (Å²) in [6, 6.07) is 19.0. The van der Waals surface area contributed by atoms with Crippen LogP contribution >= 0.6 is 35.2 Å². The molecule has 0 fully saturated rings. The van der Waals surface area contributed by atoms with E-state index in [1.165, 1.54) is 0 Å². The van der Waals surface area contributed by atoms with Gasteiger partial charge in [-0.25, -0.2) is 4.98 Å². The quantitative estimate of drug-likeness (QED) is 0.356. The Bertz CT molecular complexity index is 1250. The number of anilines is 1. The van der Waals surface area contributed by atoms with Gasteiger partial charge in [-0.1, -0.05) is 29.8 Å². The van der Waals surface area contributed by atoms with E-state index in [1.54, 1.807) is 23.5 Å². The molecule has 1 aromatic heterocycles. The number of amides is 1. The first-order valence-electron chi connectivity index (χ1n) is 9.26. The Kier molecular flexibility index (Phi) is 5.81. The molecule has 3 aromatic carbocycles. The number of carbonyl (C=O) groups is 1. The highest BCUT2D eigenvalue weighted by Gasteiger charge is 2.13. The van der Waals surface area contributed by atoms with Gasteiger partial charge >= 0.3 is 0 Å². The Morgan fingerprint density at radius 3 is 2.60 bits per heavy atom. The third kappa shape index (κ3) is 4.36. The molecule has 30 heavy (non-hydrogen) atoms. The highest BCUT2D eigenvalue weighted by Crippen LogP contribution is 2.35. The molecule has 2 N–H and O–H groups in total. The Labute approximate surface area is 188 Å². The summed E-state index contributed by atoms with van der Waals surface area (Å²) in [5.74, 6) is -0.254. The zero-order valence-electron chi connectivity index (χ0n) is 16.3. The number of fused-ring (bicyclic) bond motifs is 1. The Balaban J connectivity index is 1.52. The van der Waals surface area contributed by atoms with Crippen molar-refractivity contribution in [2.24, 2.45) is 0 Å². The summed E-state index contributed by atoms with van der Waals surface area (Å²) in [5, 5.41) is 7.43. The number of nitrogens with zero attached hydrogens (tertiary/aromatic N) is 1. The molecule has 0 aliphatic heterocycles.